The fourth-order valence-electron chi connectivity index (χ4n) is 3.32. The average Bonchev–Trinajstić information content (AvgIpc) is 3.43. The van der Waals surface area contributed by atoms with Crippen LogP contribution in [-0.4, -0.2) is 23.0 Å². The minimum atomic E-state index is -0.667. The largest absolute Gasteiger partial charge is 0.323 e. The number of hydrogen-bond acceptors (Lipinski definition) is 2. The summed E-state index contributed by atoms with van der Waals surface area (Å²) in [7, 11) is 1.80. The number of nitrogens with zero attached hydrogens (tertiary/aromatic N) is 2. The van der Waals surface area contributed by atoms with E-state index in [2.05, 4.69) is 22.1 Å². The first-order valence-electron chi connectivity index (χ1n) is 7.90. The second-order valence-corrected chi connectivity index (χ2v) is 6.62. The average molecular weight is 338 g/mol. The van der Waals surface area contributed by atoms with Gasteiger partial charge in [-0.25, -0.2) is 9.78 Å². The van der Waals surface area contributed by atoms with Gasteiger partial charge in [0.2, 0.25) is 0 Å². The number of hydrogen-bond donors (Lipinski definition) is 1. The van der Waals surface area contributed by atoms with Gasteiger partial charge in [0.15, 0.2) is 0 Å². The van der Waals surface area contributed by atoms with E-state index in [1.54, 1.807) is 24.2 Å². The van der Waals surface area contributed by atoms with Crippen molar-refractivity contribution >= 4 is 23.3 Å². The quantitative estimate of drug-likeness (QED) is 0.803. The van der Waals surface area contributed by atoms with E-state index in [-0.39, 0.29) is 6.03 Å². The van der Waals surface area contributed by atoms with Crippen LogP contribution in [0.1, 0.15) is 24.1 Å². The highest BCUT2D eigenvalue weighted by atomic mass is 35.5. The SMILES string of the molecule is CN1C(=O)Nc2ccc(Cl)cc2C1(C#Cc1ccccn1)C1CC1. The van der Waals surface area contributed by atoms with Crippen LogP contribution in [0.5, 0.6) is 0 Å². The van der Waals surface area contributed by atoms with Crippen LogP contribution in [0, 0.1) is 17.8 Å². The van der Waals surface area contributed by atoms with Gasteiger partial charge in [0.1, 0.15) is 11.2 Å². The fraction of sp³-hybridized carbons (Fsp3) is 0.263. The molecule has 1 aliphatic carbocycles. The Balaban J connectivity index is 1.92. The van der Waals surface area contributed by atoms with Crippen LogP contribution in [0.15, 0.2) is 42.6 Å². The van der Waals surface area contributed by atoms with E-state index in [1.807, 2.05) is 30.3 Å². The molecule has 120 valence electrons. The Morgan fingerprint density at radius 3 is 2.88 bits per heavy atom. The summed E-state index contributed by atoms with van der Waals surface area (Å²) in [6.07, 6.45) is 3.80. The highest BCUT2D eigenvalue weighted by Gasteiger charge is 2.53. The van der Waals surface area contributed by atoms with Crippen molar-refractivity contribution in [2.75, 3.05) is 12.4 Å². The Kier molecular flexibility index (Phi) is 3.47. The lowest BCUT2D eigenvalue weighted by molar-refractivity contribution is 0.161. The maximum Gasteiger partial charge on any atom is 0.323 e. The van der Waals surface area contributed by atoms with Gasteiger partial charge >= 0.3 is 6.03 Å². The normalized spacial score (nSPS) is 22.2. The second kappa shape index (κ2) is 5.54. The molecule has 0 spiro atoms. The molecule has 1 unspecified atom stereocenters. The van der Waals surface area contributed by atoms with Gasteiger partial charge in [-0.3, -0.25) is 0 Å². The Morgan fingerprint density at radius 1 is 1.33 bits per heavy atom. The lowest BCUT2D eigenvalue weighted by Crippen LogP contribution is -2.53. The second-order valence-electron chi connectivity index (χ2n) is 6.18. The Hall–Kier alpha value is -2.51. The van der Waals surface area contributed by atoms with Crippen LogP contribution in [0.25, 0.3) is 0 Å². The summed E-state index contributed by atoms with van der Waals surface area (Å²) in [6, 6.07) is 11.0. The van der Waals surface area contributed by atoms with Crippen molar-refractivity contribution in [1.82, 2.24) is 9.88 Å². The number of urea groups is 1. The summed E-state index contributed by atoms with van der Waals surface area (Å²) in [5, 5.41) is 3.56. The molecule has 2 aliphatic rings. The molecule has 0 radical (unpaired) electrons. The topological polar surface area (TPSA) is 45.2 Å². The summed E-state index contributed by atoms with van der Waals surface area (Å²) >= 11 is 6.24. The fourth-order valence-corrected chi connectivity index (χ4v) is 3.50. The van der Waals surface area contributed by atoms with Crippen molar-refractivity contribution in [1.29, 1.82) is 0 Å². The van der Waals surface area contributed by atoms with Crippen LogP contribution in [-0.2, 0) is 5.54 Å². The number of rotatable bonds is 1. The van der Waals surface area contributed by atoms with Gasteiger partial charge < -0.3 is 10.2 Å². The van der Waals surface area contributed by atoms with Crippen LogP contribution in [0.4, 0.5) is 10.5 Å². The summed E-state index contributed by atoms with van der Waals surface area (Å²) in [5.41, 5.74) is 1.77. The first-order valence-corrected chi connectivity index (χ1v) is 8.28. The molecule has 1 N–H and O–H groups in total. The maximum absolute atomic E-state index is 12.5. The molecule has 0 bridgehead atoms. The number of fused-ring (bicyclic) bond motifs is 1. The molecule has 2 heterocycles. The lowest BCUT2D eigenvalue weighted by Gasteiger charge is -2.43. The summed E-state index contributed by atoms with van der Waals surface area (Å²) in [5.74, 6) is 6.84. The van der Waals surface area contributed by atoms with Crippen molar-refractivity contribution in [3.63, 3.8) is 0 Å². The number of aromatic nitrogens is 1. The minimum Gasteiger partial charge on any atom is -0.307 e. The van der Waals surface area contributed by atoms with Crippen molar-refractivity contribution < 1.29 is 4.79 Å². The van der Waals surface area contributed by atoms with Crippen LogP contribution in [0.2, 0.25) is 5.02 Å². The molecule has 1 aromatic carbocycles. The lowest BCUT2D eigenvalue weighted by atomic mass is 9.81. The molecule has 4 nitrogen and oxygen atoms in total. The summed E-state index contributed by atoms with van der Waals surface area (Å²) < 4.78 is 0. The predicted octanol–water partition coefficient (Wildman–Crippen LogP) is 3.87. The Morgan fingerprint density at radius 2 is 2.17 bits per heavy atom. The summed E-state index contributed by atoms with van der Waals surface area (Å²) in [6.45, 7) is 0. The number of anilines is 1. The molecule has 1 atom stereocenters. The van der Waals surface area contributed by atoms with Gasteiger partial charge in [0.25, 0.3) is 0 Å². The minimum absolute atomic E-state index is 0.146. The number of nitrogens with one attached hydrogen (secondary N) is 1. The van der Waals surface area contributed by atoms with Crippen LogP contribution >= 0.6 is 11.6 Å². The van der Waals surface area contributed by atoms with Gasteiger partial charge in [-0.1, -0.05) is 23.6 Å². The first-order chi connectivity index (χ1) is 11.6. The molecule has 2 amide bonds. The molecule has 5 heteroatoms. The molecular formula is C19H16ClN3O. The van der Waals surface area contributed by atoms with Gasteiger partial charge in [0, 0.05) is 29.5 Å². The van der Waals surface area contributed by atoms with Gasteiger partial charge in [0.05, 0.1) is 0 Å². The first kappa shape index (κ1) is 15.0. The van der Waals surface area contributed by atoms with E-state index in [0.717, 1.165) is 24.1 Å². The molecule has 0 saturated heterocycles. The maximum atomic E-state index is 12.5. The number of carbonyl (C=O) groups excluding carboxylic acids is 1. The number of amides is 2. The zero-order valence-corrected chi connectivity index (χ0v) is 14.0. The smallest absolute Gasteiger partial charge is 0.307 e. The number of pyridine rings is 1. The van der Waals surface area contributed by atoms with Gasteiger partial charge in [-0.15, -0.1) is 0 Å². The van der Waals surface area contributed by atoms with Crippen LogP contribution in [0.3, 0.4) is 0 Å². The van der Waals surface area contributed by atoms with Crippen molar-refractivity contribution in [3.05, 3.63) is 58.9 Å². The molecule has 4 rings (SSSR count). The highest BCUT2D eigenvalue weighted by Crippen LogP contribution is 2.52. The third-order valence-corrected chi connectivity index (χ3v) is 4.92. The third kappa shape index (κ3) is 2.33. The molecule has 24 heavy (non-hydrogen) atoms. The Labute approximate surface area is 145 Å². The van der Waals surface area contributed by atoms with Gasteiger partial charge in [-0.2, -0.15) is 0 Å². The molecule has 1 aromatic heterocycles. The number of benzene rings is 1. The molecule has 1 saturated carbocycles. The van der Waals surface area contributed by atoms with E-state index in [1.165, 1.54) is 0 Å². The zero-order chi connectivity index (χ0) is 16.7. The highest BCUT2D eigenvalue weighted by molar-refractivity contribution is 6.30. The van der Waals surface area contributed by atoms with Crippen molar-refractivity contribution in [3.8, 4) is 11.8 Å². The van der Waals surface area contributed by atoms with E-state index in [9.17, 15) is 4.79 Å². The molecule has 1 aliphatic heterocycles. The zero-order valence-electron chi connectivity index (χ0n) is 13.2. The third-order valence-electron chi connectivity index (χ3n) is 4.68. The molecule has 1 fully saturated rings. The number of carbonyl (C=O) groups is 1. The predicted molar refractivity (Wildman–Crippen MR) is 93.8 cm³/mol. The molecule has 2 aromatic rings. The molecular weight excluding hydrogens is 322 g/mol. The van der Waals surface area contributed by atoms with Crippen molar-refractivity contribution in [2.45, 2.75) is 18.4 Å². The van der Waals surface area contributed by atoms with E-state index in [0.29, 0.717) is 16.6 Å². The Bertz CT molecular complexity index is 867. The van der Waals surface area contributed by atoms with Gasteiger partial charge in [-0.05, 0) is 55.0 Å². The van der Waals surface area contributed by atoms with E-state index in [4.69, 9.17) is 11.6 Å². The standard InChI is InChI=1S/C19H16ClN3O/c1-23-18(24)22-17-8-7-14(20)12-16(17)19(23,13-5-6-13)10-9-15-4-2-3-11-21-15/h2-4,7-8,11-13H,5-6H2,1H3,(H,22,24). The monoisotopic (exact) mass is 337 g/mol. The summed E-state index contributed by atoms with van der Waals surface area (Å²) in [4.78, 5) is 18.5. The van der Waals surface area contributed by atoms with Crippen molar-refractivity contribution in [2.24, 2.45) is 5.92 Å². The van der Waals surface area contributed by atoms with Crippen LogP contribution < -0.4 is 5.32 Å². The van der Waals surface area contributed by atoms with E-state index < -0.39 is 5.54 Å². The van der Waals surface area contributed by atoms with E-state index >= 15 is 0 Å². The number of halogens is 1.